The Morgan fingerprint density at radius 3 is 2.39 bits per heavy atom. The van der Waals surface area contributed by atoms with Gasteiger partial charge in [0, 0.05) is 12.5 Å². The van der Waals surface area contributed by atoms with E-state index >= 15 is 0 Å². The van der Waals surface area contributed by atoms with Gasteiger partial charge in [-0.3, -0.25) is 4.90 Å². The monoisotopic (exact) mass is 386 g/mol. The molecule has 5 nitrogen and oxygen atoms in total. The van der Waals surface area contributed by atoms with Gasteiger partial charge in [-0.05, 0) is 64.3 Å². The van der Waals surface area contributed by atoms with Crippen molar-refractivity contribution in [1.82, 2.24) is 9.80 Å². The van der Waals surface area contributed by atoms with Crippen molar-refractivity contribution in [1.29, 1.82) is 0 Å². The van der Waals surface area contributed by atoms with Crippen LogP contribution in [-0.2, 0) is 15.1 Å². The fraction of sp³-hybridized carbons (Fsp3) is 0.696. The number of likely N-dealkylation sites (N-methyl/N-ethyl adjacent to an activating group) is 1. The molecule has 154 valence electrons. The van der Waals surface area contributed by atoms with Gasteiger partial charge in [0.15, 0.2) is 5.60 Å². The third-order valence-corrected chi connectivity index (χ3v) is 7.15. The van der Waals surface area contributed by atoms with Gasteiger partial charge in [-0.25, -0.2) is 4.79 Å². The minimum Gasteiger partial charge on any atom is -0.458 e. The Kier molecular flexibility index (Phi) is 5.77. The molecule has 0 spiro atoms. The molecule has 1 aliphatic carbocycles. The summed E-state index contributed by atoms with van der Waals surface area (Å²) in [5, 5.41) is 11.7. The van der Waals surface area contributed by atoms with Gasteiger partial charge in [-0.15, -0.1) is 0 Å². The molecular weight excluding hydrogens is 352 g/mol. The number of benzene rings is 1. The average molecular weight is 387 g/mol. The zero-order valence-electron chi connectivity index (χ0n) is 17.2. The van der Waals surface area contributed by atoms with Crippen LogP contribution in [0.2, 0.25) is 0 Å². The molecule has 1 saturated carbocycles. The smallest absolute Gasteiger partial charge is 0.343 e. The number of nitrogens with zero attached hydrogens (tertiary/aromatic N) is 2. The van der Waals surface area contributed by atoms with Crippen molar-refractivity contribution >= 4 is 5.97 Å². The third-order valence-electron chi connectivity index (χ3n) is 7.15. The topological polar surface area (TPSA) is 53.0 Å². The number of piperidine rings is 3. The number of carbonyl (C=O) groups excluding carboxylic acids is 1. The van der Waals surface area contributed by atoms with Crippen molar-refractivity contribution in [3.63, 3.8) is 0 Å². The zero-order valence-corrected chi connectivity index (χ0v) is 17.2. The van der Waals surface area contributed by atoms with Gasteiger partial charge in [-0.2, -0.15) is 0 Å². The Bertz CT molecular complexity index is 666. The van der Waals surface area contributed by atoms with Crippen molar-refractivity contribution in [2.75, 3.05) is 33.7 Å². The van der Waals surface area contributed by atoms with Crippen LogP contribution >= 0.6 is 0 Å². The largest absolute Gasteiger partial charge is 0.458 e. The van der Waals surface area contributed by atoms with Crippen LogP contribution in [-0.4, -0.2) is 66.8 Å². The molecule has 2 bridgehead atoms. The molecule has 0 radical (unpaired) electrons. The lowest BCUT2D eigenvalue weighted by atomic mass is 9.78. The van der Waals surface area contributed by atoms with E-state index < -0.39 is 11.6 Å². The molecule has 0 amide bonds. The summed E-state index contributed by atoms with van der Waals surface area (Å²) in [4.78, 5) is 18.2. The molecule has 3 heterocycles. The number of carbonyl (C=O) groups is 1. The molecule has 3 atom stereocenters. The highest BCUT2D eigenvalue weighted by atomic mass is 16.6. The maximum atomic E-state index is 13.5. The summed E-state index contributed by atoms with van der Waals surface area (Å²) in [6.07, 6.45) is 5.91. The van der Waals surface area contributed by atoms with Crippen LogP contribution in [0.5, 0.6) is 0 Å². The fourth-order valence-electron chi connectivity index (χ4n) is 5.64. The van der Waals surface area contributed by atoms with E-state index in [1.54, 1.807) is 0 Å². The molecule has 3 saturated heterocycles. The molecule has 4 aliphatic rings. The average Bonchev–Trinajstić information content (AvgIpc) is 3.25. The summed E-state index contributed by atoms with van der Waals surface area (Å²) in [5.41, 5.74) is -0.857. The van der Waals surface area contributed by atoms with E-state index in [-0.39, 0.29) is 18.1 Å². The first-order chi connectivity index (χ1) is 13.5. The van der Waals surface area contributed by atoms with Crippen molar-refractivity contribution in [2.45, 2.75) is 56.3 Å². The molecular formula is C23H34N2O3. The van der Waals surface area contributed by atoms with Crippen LogP contribution in [0.15, 0.2) is 30.3 Å². The van der Waals surface area contributed by atoms with E-state index in [1.807, 2.05) is 30.3 Å². The van der Waals surface area contributed by atoms with E-state index in [0.29, 0.717) is 11.5 Å². The summed E-state index contributed by atoms with van der Waals surface area (Å²) in [7, 11) is 4.14. The summed E-state index contributed by atoms with van der Waals surface area (Å²) in [6, 6.07) is 9.66. The molecule has 1 N–H and O–H groups in total. The van der Waals surface area contributed by atoms with Crippen LogP contribution in [0, 0.1) is 11.8 Å². The van der Waals surface area contributed by atoms with Crippen molar-refractivity contribution in [3.05, 3.63) is 35.9 Å². The first kappa shape index (κ1) is 19.9. The summed E-state index contributed by atoms with van der Waals surface area (Å²) in [6.45, 7) is 3.05. The molecule has 3 unspecified atom stereocenters. The van der Waals surface area contributed by atoms with Gasteiger partial charge >= 0.3 is 5.97 Å². The molecule has 0 aromatic heterocycles. The van der Waals surface area contributed by atoms with Crippen LogP contribution in [0.4, 0.5) is 0 Å². The Morgan fingerprint density at radius 1 is 1.14 bits per heavy atom. The van der Waals surface area contributed by atoms with Gasteiger partial charge < -0.3 is 14.7 Å². The first-order valence-corrected chi connectivity index (χ1v) is 10.9. The quantitative estimate of drug-likeness (QED) is 0.762. The molecule has 1 aromatic rings. The number of ether oxygens (including phenoxy) is 1. The number of esters is 1. The highest BCUT2D eigenvalue weighted by molar-refractivity contribution is 5.82. The van der Waals surface area contributed by atoms with Crippen molar-refractivity contribution < 1.29 is 14.6 Å². The Hall–Kier alpha value is -1.43. The summed E-state index contributed by atoms with van der Waals surface area (Å²) >= 11 is 0. The standard InChI is InChI=1S/C23H34N2O3/c1-24(2)16-20-21(17-12-14-25(20)15-13-17)28-22(26)23(27,19-10-6-7-11-19)18-8-4-3-5-9-18/h3-5,8-9,17,19-21,27H,6-7,10-16H2,1-2H3. The molecule has 5 heteroatoms. The molecule has 28 heavy (non-hydrogen) atoms. The van der Waals surface area contributed by atoms with Gasteiger partial charge in [-0.1, -0.05) is 43.2 Å². The lowest BCUT2D eigenvalue weighted by Crippen LogP contribution is -2.62. The predicted molar refractivity (Wildman–Crippen MR) is 109 cm³/mol. The fourth-order valence-corrected chi connectivity index (χ4v) is 5.64. The summed E-state index contributed by atoms with van der Waals surface area (Å²) < 4.78 is 6.21. The Morgan fingerprint density at radius 2 is 1.79 bits per heavy atom. The lowest BCUT2D eigenvalue weighted by molar-refractivity contribution is -0.194. The van der Waals surface area contributed by atoms with Gasteiger partial charge in [0.1, 0.15) is 6.10 Å². The Labute approximate surface area is 168 Å². The number of hydrogen-bond donors (Lipinski definition) is 1. The normalized spacial score (nSPS) is 32.4. The van der Waals surface area contributed by atoms with Crippen LogP contribution < -0.4 is 0 Å². The second-order valence-corrected chi connectivity index (χ2v) is 9.19. The van der Waals surface area contributed by atoms with Crippen molar-refractivity contribution in [2.24, 2.45) is 11.8 Å². The number of aliphatic hydroxyl groups is 1. The highest BCUT2D eigenvalue weighted by Crippen LogP contribution is 2.43. The van der Waals surface area contributed by atoms with Gasteiger partial charge in [0.2, 0.25) is 0 Å². The molecule has 3 aliphatic heterocycles. The van der Waals surface area contributed by atoms with Gasteiger partial charge in [0.25, 0.3) is 0 Å². The van der Waals surface area contributed by atoms with E-state index in [1.165, 1.54) is 0 Å². The lowest BCUT2D eigenvalue weighted by Gasteiger charge is -2.51. The SMILES string of the molecule is CN(C)CC1C(OC(=O)C(O)(c2ccccc2)C2CCCC2)C2CCN1CC2. The van der Waals surface area contributed by atoms with Crippen molar-refractivity contribution in [3.8, 4) is 0 Å². The number of hydrogen-bond acceptors (Lipinski definition) is 5. The first-order valence-electron chi connectivity index (χ1n) is 10.9. The number of rotatable bonds is 6. The minimum atomic E-state index is -1.54. The predicted octanol–water partition coefficient (Wildman–Crippen LogP) is 2.63. The van der Waals surface area contributed by atoms with E-state index in [0.717, 1.165) is 58.2 Å². The molecule has 1 aromatic carbocycles. The van der Waals surface area contributed by atoms with E-state index in [4.69, 9.17) is 4.74 Å². The Balaban J connectivity index is 1.60. The maximum absolute atomic E-state index is 13.5. The minimum absolute atomic E-state index is 0.0595. The molecule has 4 fully saturated rings. The zero-order chi connectivity index (χ0) is 19.7. The highest BCUT2D eigenvalue weighted by Gasteiger charge is 2.51. The van der Waals surface area contributed by atoms with Crippen LogP contribution in [0.25, 0.3) is 0 Å². The van der Waals surface area contributed by atoms with E-state index in [9.17, 15) is 9.90 Å². The second-order valence-electron chi connectivity index (χ2n) is 9.19. The maximum Gasteiger partial charge on any atom is 0.343 e. The molecule has 5 rings (SSSR count). The third kappa shape index (κ3) is 3.60. The van der Waals surface area contributed by atoms with Gasteiger partial charge in [0.05, 0.1) is 6.04 Å². The van der Waals surface area contributed by atoms with Crippen LogP contribution in [0.3, 0.4) is 0 Å². The van der Waals surface area contributed by atoms with E-state index in [2.05, 4.69) is 23.9 Å². The van der Waals surface area contributed by atoms with Crippen LogP contribution in [0.1, 0.15) is 44.1 Å². The second kappa shape index (κ2) is 8.13. The number of fused-ring (bicyclic) bond motifs is 3. The summed E-state index contributed by atoms with van der Waals surface area (Å²) in [5.74, 6) is -0.0913.